The Hall–Kier alpha value is -0.920. The molecule has 2 rings (SSSR count). The van der Waals surface area contributed by atoms with Crippen molar-refractivity contribution in [2.45, 2.75) is 43.9 Å². The molecule has 1 heterocycles. The molecule has 5 nitrogen and oxygen atoms in total. The summed E-state index contributed by atoms with van der Waals surface area (Å²) >= 11 is 0.928. The Bertz CT molecular complexity index is 594. The van der Waals surface area contributed by atoms with Gasteiger partial charge in [-0.25, -0.2) is 17.9 Å². The van der Waals surface area contributed by atoms with Gasteiger partial charge in [-0.05, 0) is 36.1 Å². The quantitative estimate of drug-likeness (QED) is 0.839. The number of nitrogens with one attached hydrogen (secondary N) is 1. The van der Waals surface area contributed by atoms with E-state index in [9.17, 15) is 13.2 Å². The van der Waals surface area contributed by atoms with Crippen LogP contribution in [0.15, 0.2) is 16.3 Å². The van der Waals surface area contributed by atoms with Gasteiger partial charge in [-0.2, -0.15) is 0 Å². The standard InChI is InChI=1S/C14H21NO4S2/c1-10-3-2-4-11(9-10)5-7-15-21(18,19)12-6-8-20-13(12)14(16)17/h6,8,10-11,15H,2-5,7,9H2,1H3,(H,16,17). The van der Waals surface area contributed by atoms with E-state index < -0.39 is 16.0 Å². The molecule has 1 aliphatic rings. The van der Waals surface area contributed by atoms with Crippen LogP contribution in [0.5, 0.6) is 0 Å². The SMILES string of the molecule is CC1CCCC(CCNS(=O)(=O)c2ccsc2C(=O)O)C1. The molecule has 0 radical (unpaired) electrons. The predicted molar refractivity (Wildman–Crippen MR) is 82.2 cm³/mol. The van der Waals surface area contributed by atoms with Crippen molar-refractivity contribution >= 4 is 27.3 Å². The van der Waals surface area contributed by atoms with Gasteiger partial charge in [-0.15, -0.1) is 11.3 Å². The maximum atomic E-state index is 12.2. The second-order valence-electron chi connectivity index (χ2n) is 5.74. The number of hydrogen-bond donors (Lipinski definition) is 2. The second kappa shape index (κ2) is 6.89. The molecule has 0 saturated heterocycles. The van der Waals surface area contributed by atoms with Crippen LogP contribution in [-0.4, -0.2) is 26.0 Å². The zero-order valence-corrected chi connectivity index (χ0v) is 13.7. The van der Waals surface area contributed by atoms with Gasteiger partial charge in [0.1, 0.15) is 9.77 Å². The first-order valence-corrected chi connectivity index (χ1v) is 9.57. The Labute approximate surface area is 129 Å². The lowest BCUT2D eigenvalue weighted by Crippen LogP contribution is -2.28. The first-order chi connectivity index (χ1) is 9.90. The van der Waals surface area contributed by atoms with Crippen molar-refractivity contribution in [2.75, 3.05) is 6.54 Å². The smallest absolute Gasteiger partial charge is 0.347 e. The number of aromatic carboxylic acids is 1. The van der Waals surface area contributed by atoms with Crippen LogP contribution in [0.4, 0.5) is 0 Å². The molecule has 2 N–H and O–H groups in total. The summed E-state index contributed by atoms with van der Waals surface area (Å²) in [6.07, 6.45) is 5.60. The van der Waals surface area contributed by atoms with Gasteiger partial charge in [0.2, 0.25) is 10.0 Å². The number of hydrogen-bond acceptors (Lipinski definition) is 4. The topological polar surface area (TPSA) is 83.5 Å². The van der Waals surface area contributed by atoms with E-state index in [4.69, 9.17) is 5.11 Å². The van der Waals surface area contributed by atoms with E-state index in [1.54, 1.807) is 0 Å². The van der Waals surface area contributed by atoms with Crippen molar-refractivity contribution in [1.29, 1.82) is 0 Å². The third-order valence-corrected chi connectivity index (χ3v) is 6.54. The number of sulfonamides is 1. The van der Waals surface area contributed by atoms with Crippen LogP contribution in [-0.2, 0) is 10.0 Å². The summed E-state index contributed by atoms with van der Waals surface area (Å²) in [6.45, 7) is 2.61. The lowest BCUT2D eigenvalue weighted by molar-refractivity contribution is 0.0698. The first kappa shape index (κ1) is 16.5. The van der Waals surface area contributed by atoms with Crippen molar-refractivity contribution in [1.82, 2.24) is 4.72 Å². The Kier molecular flexibility index (Phi) is 5.40. The van der Waals surface area contributed by atoms with E-state index in [1.165, 1.54) is 24.3 Å². The highest BCUT2D eigenvalue weighted by molar-refractivity contribution is 7.89. The molecular formula is C14H21NO4S2. The lowest BCUT2D eigenvalue weighted by Gasteiger charge is -2.26. The van der Waals surface area contributed by atoms with Crippen LogP contribution in [0, 0.1) is 11.8 Å². The van der Waals surface area contributed by atoms with Gasteiger partial charge in [0.15, 0.2) is 0 Å². The summed E-state index contributed by atoms with van der Waals surface area (Å²) in [7, 11) is -3.73. The minimum absolute atomic E-state index is 0.128. The Morgan fingerprint density at radius 3 is 2.90 bits per heavy atom. The highest BCUT2D eigenvalue weighted by Crippen LogP contribution is 2.30. The van der Waals surface area contributed by atoms with Crippen LogP contribution in [0.2, 0.25) is 0 Å². The maximum absolute atomic E-state index is 12.2. The number of carbonyl (C=O) groups is 1. The number of thiophene rings is 1. The van der Waals surface area contributed by atoms with E-state index in [1.807, 2.05) is 0 Å². The summed E-state index contributed by atoms with van der Waals surface area (Å²) in [5.74, 6) is 0.0835. The third kappa shape index (κ3) is 4.28. The third-order valence-electron chi connectivity index (χ3n) is 4.00. The molecule has 0 spiro atoms. The summed E-state index contributed by atoms with van der Waals surface area (Å²) in [5.41, 5.74) is 0. The van der Waals surface area contributed by atoms with E-state index in [-0.39, 0.29) is 9.77 Å². The van der Waals surface area contributed by atoms with Crippen molar-refractivity contribution in [3.05, 3.63) is 16.3 Å². The first-order valence-electron chi connectivity index (χ1n) is 7.20. The van der Waals surface area contributed by atoms with Crippen LogP contribution in [0.3, 0.4) is 0 Å². The molecule has 1 saturated carbocycles. The van der Waals surface area contributed by atoms with Gasteiger partial charge in [0.25, 0.3) is 0 Å². The molecule has 118 valence electrons. The maximum Gasteiger partial charge on any atom is 0.347 e. The fraction of sp³-hybridized carbons (Fsp3) is 0.643. The molecule has 1 aromatic rings. The molecule has 0 aliphatic heterocycles. The molecule has 1 fully saturated rings. The molecule has 0 bridgehead atoms. The minimum atomic E-state index is -3.73. The highest BCUT2D eigenvalue weighted by atomic mass is 32.2. The number of rotatable bonds is 6. The van der Waals surface area contributed by atoms with Crippen molar-refractivity contribution < 1.29 is 18.3 Å². The van der Waals surface area contributed by atoms with E-state index in [2.05, 4.69) is 11.6 Å². The van der Waals surface area contributed by atoms with Crippen molar-refractivity contribution in [3.8, 4) is 0 Å². The molecule has 21 heavy (non-hydrogen) atoms. The fourth-order valence-electron chi connectivity index (χ4n) is 2.96. The summed E-state index contributed by atoms with van der Waals surface area (Å²) < 4.78 is 26.8. The molecule has 2 unspecified atom stereocenters. The van der Waals surface area contributed by atoms with Gasteiger partial charge >= 0.3 is 5.97 Å². The van der Waals surface area contributed by atoms with Crippen LogP contribution >= 0.6 is 11.3 Å². The Balaban J connectivity index is 1.92. The molecule has 0 aromatic carbocycles. The average molecular weight is 331 g/mol. The minimum Gasteiger partial charge on any atom is -0.477 e. The van der Waals surface area contributed by atoms with Crippen molar-refractivity contribution in [2.24, 2.45) is 11.8 Å². The van der Waals surface area contributed by atoms with E-state index in [0.29, 0.717) is 12.5 Å². The summed E-state index contributed by atoms with van der Waals surface area (Å²) in [6, 6.07) is 1.35. The molecule has 7 heteroatoms. The Morgan fingerprint density at radius 1 is 1.48 bits per heavy atom. The fourth-order valence-corrected chi connectivity index (χ4v) is 5.27. The van der Waals surface area contributed by atoms with Crippen LogP contribution in [0.1, 0.15) is 48.7 Å². The van der Waals surface area contributed by atoms with Gasteiger partial charge in [0.05, 0.1) is 0 Å². The van der Waals surface area contributed by atoms with E-state index in [0.717, 1.165) is 36.5 Å². The van der Waals surface area contributed by atoms with Crippen LogP contribution < -0.4 is 4.72 Å². The molecule has 1 aromatic heterocycles. The number of carboxylic acids is 1. The Morgan fingerprint density at radius 2 is 2.24 bits per heavy atom. The summed E-state index contributed by atoms with van der Waals surface area (Å²) in [5, 5.41) is 10.5. The molecule has 1 aliphatic carbocycles. The van der Waals surface area contributed by atoms with Gasteiger partial charge < -0.3 is 5.11 Å². The van der Waals surface area contributed by atoms with Gasteiger partial charge in [-0.1, -0.05) is 26.2 Å². The largest absolute Gasteiger partial charge is 0.477 e. The summed E-state index contributed by atoms with van der Waals surface area (Å²) in [4.78, 5) is 10.7. The van der Waals surface area contributed by atoms with Gasteiger partial charge in [0, 0.05) is 6.54 Å². The highest BCUT2D eigenvalue weighted by Gasteiger charge is 2.24. The molecule has 2 atom stereocenters. The zero-order valence-electron chi connectivity index (χ0n) is 12.0. The molecule has 0 amide bonds. The van der Waals surface area contributed by atoms with E-state index >= 15 is 0 Å². The average Bonchev–Trinajstić information content (AvgIpc) is 2.88. The van der Waals surface area contributed by atoms with Crippen molar-refractivity contribution in [3.63, 3.8) is 0 Å². The zero-order chi connectivity index (χ0) is 15.5. The second-order valence-corrected chi connectivity index (χ2v) is 8.39. The monoisotopic (exact) mass is 331 g/mol. The number of carboxylic acid groups (broad SMARTS) is 1. The molecular weight excluding hydrogens is 310 g/mol. The normalized spacial score (nSPS) is 23.1. The van der Waals surface area contributed by atoms with Crippen LogP contribution in [0.25, 0.3) is 0 Å². The van der Waals surface area contributed by atoms with Gasteiger partial charge in [-0.3, -0.25) is 0 Å². The predicted octanol–water partition coefficient (Wildman–Crippen LogP) is 2.94. The lowest BCUT2D eigenvalue weighted by atomic mass is 9.81.